The number of hydrogen-bond acceptors (Lipinski definition) is 4. The van der Waals surface area contributed by atoms with Gasteiger partial charge in [0.05, 0.1) is 0 Å². The molecule has 6 rings (SSSR count). The molecule has 4 aliphatic carbocycles. The Hall–Kier alpha value is -2.52. The molecule has 1 heterocycles. The third kappa shape index (κ3) is 5.39. The summed E-state index contributed by atoms with van der Waals surface area (Å²) in [5.74, 6) is -6.95. The van der Waals surface area contributed by atoms with E-state index in [2.05, 4.69) is 10.1 Å². The molecule has 2 aromatic rings. The van der Waals surface area contributed by atoms with Gasteiger partial charge in [-0.1, -0.05) is 11.2 Å². The second-order valence-electron chi connectivity index (χ2n) is 11.6. The number of hydrogen-bond donors (Lipinski definition) is 0. The largest absolute Gasteiger partial charge is 0.333 e. The zero-order valence-corrected chi connectivity index (χ0v) is 20.9. The van der Waals surface area contributed by atoms with Gasteiger partial charge in [0.25, 0.3) is 5.89 Å². The number of anilines is 1. The number of benzene rings is 1. The third-order valence-corrected chi connectivity index (χ3v) is 8.89. The van der Waals surface area contributed by atoms with Gasteiger partial charge < -0.3 is 9.42 Å². The number of fused-ring (bicyclic) bond motifs is 3. The van der Waals surface area contributed by atoms with Gasteiger partial charge in [-0.2, -0.15) is 13.8 Å². The zero-order chi connectivity index (χ0) is 26.5. The van der Waals surface area contributed by atoms with Crippen LogP contribution < -0.4 is 4.90 Å². The van der Waals surface area contributed by atoms with Crippen LogP contribution in [-0.2, 0) is 16.1 Å². The Morgan fingerprint density at radius 1 is 1.08 bits per heavy atom. The summed E-state index contributed by atoms with van der Waals surface area (Å²) in [5.41, 5.74) is -0.156. The first-order chi connectivity index (χ1) is 17.4. The second-order valence-corrected chi connectivity index (χ2v) is 11.6. The van der Waals surface area contributed by atoms with Crippen LogP contribution in [-0.4, -0.2) is 28.5 Å². The zero-order valence-electron chi connectivity index (χ0n) is 20.9. The first kappa shape index (κ1) is 26.1. The number of carbonyl (C=O) groups excluding carboxylic acids is 1. The van der Waals surface area contributed by atoms with Gasteiger partial charge in [0.2, 0.25) is 11.8 Å². The van der Waals surface area contributed by atoms with Crippen molar-refractivity contribution in [3.8, 4) is 0 Å². The summed E-state index contributed by atoms with van der Waals surface area (Å²) in [4.78, 5) is 19.2. The monoisotopic (exact) mass is 525 g/mol. The minimum atomic E-state index is -3.20. The number of rotatable bonds is 7. The van der Waals surface area contributed by atoms with E-state index in [1.165, 1.54) is 12.1 Å². The Morgan fingerprint density at radius 3 is 2.30 bits per heavy atom. The van der Waals surface area contributed by atoms with Crippen molar-refractivity contribution >= 4 is 11.6 Å². The van der Waals surface area contributed by atoms with Crippen LogP contribution in [0.15, 0.2) is 28.8 Å². The van der Waals surface area contributed by atoms with E-state index in [0.29, 0.717) is 50.2 Å². The fourth-order valence-corrected chi connectivity index (χ4v) is 6.42. The SMILES string of the molecule is CC(F)(F)c1nc(C23CCC(CN(C(=O)CC4CCC(F)(F)CC4)c4cccc(F)c4)(CC2)CC3)no1. The summed E-state index contributed by atoms with van der Waals surface area (Å²) in [6.45, 7) is 1.13. The molecule has 0 spiro atoms. The van der Waals surface area contributed by atoms with Crippen LogP contribution in [0.3, 0.4) is 0 Å². The number of halogens is 5. The molecule has 1 amide bonds. The number of carbonyl (C=O) groups is 1. The van der Waals surface area contributed by atoms with Crippen molar-refractivity contribution in [2.45, 2.75) is 94.8 Å². The maximum atomic E-state index is 14.1. The quantitative estimate of drug-likeness (QED) is 0.360. The highest BCUT2D eigenvalue weighted by Gasteiger charge is 2.53. The van der Waals surface area contributed by atoms with Crippen molar-refractivity contribution in [3.05, 3.63) is 41.8 Å². The molecule has 0 atom stereocenters. The average Bonchev–Trinajstić information content (AvgIpc) is 3.37. The van der Waals surface area contributed by atoms with Gasteiger partial charge in [0.15, 0.2) is 5.82 Å². The van der Waals surface area contributed by atoms with Gasteiger partial charge in [-0.15, -0.1) is 0 Å². The van der Waals surface area contributed by atoms with Gasteiger partial charge in [-0.25, -0.2) is 13.2 Å². The highest BCUT2D eigenvalue weighted by Crippen LogP contribution is 2.57. The highest BCUT2D eigenvalue weighted by molar-refractivity contribution is 5.93. The molecule has 2 bridgehead atoms. The molecule has 5 nitrogen and oxygen atoms in total. The lowest BCUT2D eigenvalue weighted by Gasteiger charge is -2.53. The lowest BCUT2D eigenvalue weighted by atomic mass is 9.53. The fraction of sp³-hybridized carbons (Fsp3) is 0.667. The molecule has 4 fully saturated rings. The number of nitrogens with zero attached hydrogens (tertiary/aromatic N) is 3. The van der Waals surface area contributed by atoms with Crippen molar-refractivity contribution < 1.29 is 31.3 Å². The highest BCUT2D eigenvalue weighted by atomic mass is 19.3. The summed E-state index contributed by atoms with van der Waals surface area (Å²) >= 11 is 0. The lowest BCUT2D eigenvalue weighted by molar-refractivity contribution is -0.121. The number of alkyl halides is 4. The summed E-state index contributed by atoms with van der Waals surface area (Å²) in [7, 11) is 0. The minimum Gasteiger partial charge on any atom is -0.333 e. The first-order valence-electron chi connectivity index (χ1n) is 13.1. The number of aromatic nitrogens is 2. The van der Waals surface area contributed by atoms with E-state index in [1.807, 2.05) is 0 Å². The van der Waals surface area contributed by atoms with Crippen LogP contribution in [0, 0.1) is 17.2 Å². The van der Waals surface area contributed by atoms with Crippen molar-refractivity contribution in [3.63, 3.8) is 0 Å². The predicted molar refractivity (Wildman–Crippen MR) is 126 cm³/mol. The molecule has 1 aromatic carbocycles. The van der Waals surface area contributed by atoms with E-state index < -0.39 is 29.0 Å². The maximum absolute atomic E-state index is 14.1. The summed E-state index contributed by atoms with van der Waals surface area (Å²) < 4.78 is 73.5. The van der Waals surface area contributed by atoms with Crippen LogP contribution in [0.5, 0.6) is 0 Å². The van der Waals surface area contributed by atoms with Gasteiger partial charge in [0.1, 0.15) is 5.82 Å². The predicted octanol–water partition coefficient (Wildman–Crippen LogP) is 7.16. The third-order valence-electron chi connectivity index (χ3n) is 8.89. The Morgan fingerprint density at radius 2 is 1.73 bits per heavy atom. The van der Waals surface area contributed by atoms with E-state index >= 15 is 0 Å². The van der Waals surface area contributed by atoms with Crippen LogP contribution in [0.2, 0.25) is 0 Å². The van der Waals surface area contributed by atoms with E-state index in [9.17, 15) is 26.7 Å². The van der Waals surface area contributed by atoms with E-state index in [0.717, 1.165) is 26.2 Å². The van der Waals surface area contributed by atoms with Crippen molar-refractivity contribution in [1.29, 1.82) is 0 Å². The van der Waals surface area contributed by atoms with Crippen LogP contribution in [0.25, 0.3) is 0 Å². The lowest BCUT2D eigenvalue weighted by Crippen LogP contribution is -2.51. The maximum Gasteiger partial charge on any atom is 0.322 e. The van der Waals surface area contributed by atoms with Gasteiger partial charge in [0, 0.05) is 43.8 Å². The molecule has 4 aliphatic rings. The van der Waals surface area contributed by atoms with Crippen LogP contribution >= 0.6 is 0 Å². The van der Waals surface area contributed by atoms with Crippen LogP contribution in [0.1, 0.15) is 89.3 Å². The second kappa shape index (κ2) is 9.34. The van der Waals surface area contributed by atoms with E-state index in [4.69, 9.17) is 4.52 Å². The minimum absolute atomic E-state index is 0.116. The molecular weight excluding hydrogens is 493 g/mol. The molecule has 0 aliphatic heterocycles. The molecule has 0 saturated heterocycles. The number of amides is 1. The van der Waals surface area contributed by atoms with E-state index in [-0.39, 0.29) is 36.5 Å². The molecule has 4 saturated carbocycles. The van der Waals surface area contributed by atoms with Crippen LogP contribution in [0.4, 0.5) is 27.6 Å². The van der Waals surface area contributed by atoms with E-state index in [1.54, 1.807) is 17.0 Å². The molecule has 0 unspecified atom stereocenters. The molecule has 1 aromatic heterocycles. The standard InChI is InChI=1S/C27H32F5N3O2/c1-24(29,30)23-33-22(34-37-23)26-12-9-25(10-13-26,11-14-26)17-35(20-4-2-3-19(28)16-20)21(36)15-18-5-7-27(31,32)8-6-18/h2-4,16,18H,5-15,17H2,1H3. The van der Waals surface area contributed by atoms with Gasteiger partial charge in [-0.3, -0.25) is 4.79 Å². The Kier molecular flexibility index (Phi) is 6.59. The molecule has 202 valence electrons. The summed E-state index contributed by atoms with van der Waals surface area (Å²) in [6.07, 6.45) is 4.62. The first-order valence-corrected chi connectivity index (χ1v) is 13.1. The summed E-state index contributed by atoms with van der Waals surface area (Å²) in [5, 5.41) is 3.89. The Bertz CT molecular complexity index is 1110. The Labute approximate surface area is 212 Å². The molecule has 37 heavy (non-hydrogen) atoms. The molecule has 0 N–H and O–H groups in total. The molecular formula is C27H32F5N3O2. The molecule has 0 radical (unpaired) electrons. The van der Waals surface area contributed by atoms with Gasteiger partial charge in [-0.05, 0) is 80.9 Å². The van der Waals surface area contributed by atoms with Crippen molar-refractivity contribution in [2.75, 3.05) is 11.4 Å². The summed E-state index contributed by atoms with van der Waals surface area (Å²) in [6, 6.07) is 5.93. The fourth-order valence-electron chi connectivity index (χ4n) is 6.42. The van der Waals surface area contributed by atoms with Gasteiger partial charge >= 0.3 is 5.92 Å². The topological polar surface area (TPSA) is 59.2 Å². The van der Waals surface area contributed by atoms with Crippen molar-refractivity contribution in [2.24, 2.45) is 11.3 Å². The van der Waals surface area contributed by atoms with Crippen molar-refractivity contribution in [1.82, 2.24) is 10.1 Å². The smallest absolute Gasteiger partial charge is 0.322 e. The normalized spacial score (nSPS) is 27.8. The average molecular weight is 526 g/mol. The molecule has 10 heteroatoms. The Balaban J connectivity index is 1.31.